The van der Waals surface area contributed by atoms with Crippen molar-refractivity contribution in [2.75, 3.05) is 10.6 Å². The van der Waals surface area contributed by atoms with Gasteiger partial charge in [-0.2, -0.15) is 0 Å². The number of nitrogens with zero attached hydrogens (tertiary/aromatic N) is 3. The second kappa shape index (κ2) is 5.00. The molecule has 2 N–H and O–H groups in total. The first-order valence-corrected chi connectivity index (χ1v) is 6.15. The minimum atomic E-state index is -0.289. The van der Waals surface area contributed by atoms with Crippen molar-refractivity contribution in [3.63, 3.8) is 0 Å². The first-order chi connectivity index (χ1) is 9.70. The third kappa shape index (κ3) is 2.59. The molecule has 6 nitrogen and oxygen atoms in total. The quantitative estimate of drug-likeness (QED) is 0.749. The lowest BCUT2D eigenvalue weighted by Gasteiger charge is -2.08. The summed E-state index contributed by atoms with van der Waals surface area (Å²) in [6.45, 7) is 1.98. The van der Waals surface area contributed by atoms with Crippen LogP contribution in [0.2, 0.25) is 0 Å². The van der Waals surface area contributed by atoms with E-state index in [1.807, 2.05) is 31.2 Å². The second-order valence-corrected chi connectivity index (χ2v) is 4.46. The fourth-order valence-corrected chi connectivity index (χ4v) is 1.92. The maximum Gasteiger partial charge on any atom is 0.323 e. The Bertz CT molecular complexity index is 765. The first-order valence-electron chi connectivity index (χ1n) is 6.15. The molecular weight excluding hydrogens is 254 g/mol. The van der Waals surface area contributed by atoms with Crippen molar-refractivity contribution < 1.29 is 4.79 Å². The molecule has 100 valence electrons. The maximum absolute atomic E-state index is 11.9. The Labute approximate surface area is 115 Å². The van der Waals surface area contributed by atoms with Crippen molar-refractivity contribution in [1.29, 1.82) is 0 Å². The number of fused-ring (bicyclic) bond motifs is 1. The van der Waals surface area contributed by atoms with E-state index in [-0.39, 0.29) is 6.03 Å². The van der Waals surface area contributed by atoms with Crippen molar-refractivity contribution >= 4 is 23.1 Å². The topological polar surface area (TPSA) is 71.3 Å². The molecule has 0 aliphatic carbocycles. The number of carbonyl (C=O) groups excluding carboxylic acids is 1. The molecule has 6 heteroatoms. The minimum absolute atomic E-state index is 0.289. The summed E-state index contributed by atoms with van der Waals surface area (Å²) < 4.78 is 1.74. The van der Waals surface area contributed by atoms with Crippen LogP contribution in [0.1, 0.15) is 5.56 Å². The molecule has 0 aliphatic heterocycles. The van der Waals surface area contributed by atoms with Crippen LogP contribution in [-0.4, -0.2) is 20.6 Å². The normalized spacial score (nSPS) is 10.4. The van der Waals surface area contributed by atoms with Gasteiger partial charge in [0.2, 0.25) is 0 Å². The molecule has 2 heterocycles. The highest BCUT2D eigenvalue weighted by Crippen LogP contribution is 2.12. The van der Waals surface area contributed by atoms with Crippen LogP contribution in [0.3, 0.4) is 0 Å². The van der Waals surface area contributed by atoms with Crippen LogP contribution < -0.4 is 10.6 Å². The Morgan fingerprint density at radius 1 is 1.15 bits per heavy atom. The van der Waals surface area contributed by atoms with Gasteiger partial charge in [-0.1, -0.05) is 12.1 Å². The molecule has 3 rings (SSSR count). The fraction of sp³-hybridized carbons (Fsp3) is 0.0714. The van der Waals surface area contributed by atoms with Crippen LogP contribution in [0.4, 0.5) is 16.2 Å². The van der Waals surface area contributed by atoms with E-state index in [0.717, 1.165) is 16.9 Å². The zero-order chi connectivity index (χ0) is 13.9. The standard InChI is InChI=1S/C14H13N5O/c1-10-3-2-4-11(7-10)16-14(20)17-12-5-6-13-18-15-9-19(13)8-12/h2-9H,1H3,(H2,16,17,20). The Balaban J connectivity index is 1.72. The fourth-order valence-electron chi connectivity index (χ4n) is 1.92. The van der Waals surface area contributed by atoms with E-state index >= 15 is 0 Å². The van der Waals surface area contributed by atoms with Crippen LogP contribution in [0.15, 0.2) is 48.9 Å². The van der Waals surface area contributed by atoms with Crippen LogP contribution in [0, 0.1) is 6.92 Å². The Morgan fingerprint density at radius 2 is 2.00 bits per heavy atom. The molecule has 0 spiro atoms. The molecule has 0 unspecified atom stereocenters. The van der Waals surface area contributed by atoms with E-state index in [1.165, 1.54) is 0 Å². The Kier molecular flexibility index (Phi) is 3.04. The van der Waals surface area contributed by atoms with E-state index in [1.54, 1.807) is 29.1 Å². The summed E-state index contributed by atoms with van der Waals surface area (Å²) in [6.07, 6.45) is 3.34. The number of benzene rings is 1. The molecule has 0 atom stereocenters. The van der Waals surface area contributed by atoms with E-state index in [9.17, 15) is 4.79 Å². The van der Waals surface area contributed by atoms with Gasteiger partial charge in [-0.3, -0.25) is 4.40 Å². The van der Waals surface area contributed by atoms with Gasteiger partial charge in [0.25, 0.3) is 0 Å². The number of amides is 2. The molecule has 2 amide bonds. The van der Waals surface area contributed by atoms with Gasteiger partial charge in [0.05, 0.1) is 5.69 Å². The van der Waals surface area contributed by atoms with Gasteiger partial charge in [-0.15, -0.1) is 10.2 Å². The van der Waals surface area contributed by atoms with E-state index in [2.05, 4.69) is 20.8 Å². The largest absolute Gasteiger partial charge is 0.323 e. The van der Waals surface area contributed by atoms with E-state index in [4.69, 9.17) is 0 Å². The first kappa shape index (κ1) is 12.2. The number of anilines is 2. The predicted octanol–water partition coefficient (Wildman–Crippen LogP) is 2.68. The number of hydrogen-bond acceptors (Lipinski definition) is 3. The van der Waals surface area contributed by atoms with Gasteiger partial charge >= 0.3 is 6.03 Å². The third-order valence-electron chi connectivity index (χ3n) is 2.82. The molecule has 1 aromatic carbocycles. The molecule has 3 aromatic rings. The average Bonchev–Trinajstić information content (AvgIpc) is 2.86. The van der Waals surface area contributed by atoms with Crippen LogP contribution in [0.25, 0.3) is 5.65 Å². The highest BCUT2D eigenvalue weighted by atomic mass is 16.2. The lowest BCUT2D eigenvalue weighted by molar-refractivity contribution is 0.262. The molecule has 20 heavy (non-hydrogen) atoms. The summed E-state index contributed by atoms with van der Waals surface area (Å²) in [5.74, 6) is 0. The summed E-state index contributed by atoms with van der Waals surface area (Å²) in [5.41, 5.74) is 3.25. The monoisotopic (exact) mass is 267 g/mol. The zero-order valence-electron chi connectivity index (χ0n) is 10.9. The van der Waals surface area contributed by atoms with Gasteiger partial charge in [-0.05, 0) is 36.8 Å². The third-order valence-corrected chi connectivity index (χ3v) is 2.82. The average molecular weight is 267 g/mol. The summed E-state index contributed by atoms with van der Waals surface area (Å²) in [7, 11) is 0. The van der Waals surface area contributed by atoms with Crippen molar-refractivity contribution in [3.05, 3.63) is 54.5 Å². The highest BCUT2D eigenvalue weighted by molar-refractivity contribution is 5.99. The molecule has 2 aromatic heterocycles. The molecule has 0 radical (unpaired) electrons. The van der Waals surface area contributed by atoms with Crippen LogP contribution in [-0.2, 0) is 0 Å². The van der Waals surface area contributed by atoms with Gasteiger partial charge in [0.15, 0.2) is 5.65 Å². The Hall–Kier alpha value is -2.89. The lowest BCUT2D eigenvalue weighted by Crippen LogP contribution is -2.19. The number of hydrogen-bond donors (Lipinski definition) is 2. The SMILES string of the molecule is Cc1cccc(NC(=O)Nc2ccc3nncn3c2)c1. The van der Waals surface area contributed by atoms with Crippen molar-refractivity contribution in [2.45, 2.75) is 6.92 Å². The van der Waals surface area contributed by atoms with E-state index < -0.39 is 0 Å². The van der Waals surface area contributed by atoms with Crippen molar-refractivity contribution in [3.8, 4) is 0 Å². The molecule has 0 saturated carbocycles. The smallest absolute Gasteiger partial charge is 0.308 e. The molecule has 0 bridgehead atoms. The number of nitrogens with one attached hydrogen (secondary N) is 2. The van der Waals surface area contributed by atoms with Crippen LogP contribution in [0.5, 0.6) is 0 Å². The summed E-state index contributed by atoms with van der Waals surface area (Å²) >= 11 is 0. The summed E-state index contributed by atoms with van der Waals surface area (Å²) in [4.78, 5) is 11.9. The molecule has 0 saturated heterocycles. The maximum atomic E-state index is 11.9. The number of rotatable bonds is 2. The molecular formula is C14H13N5O. The lowest BCUT2D eigenvalue weighted by atomic mass is 10.2. The Morgan fingerprint density at radius 3 is 2.85 bits per heavy atom. The van der Waals surface area contributed by atoms with Gasteiger partial charge in [0, 0.05) is 11.9 Å². The second-order valence-electron chi connectivity index (χ2n) is 4.46. The zero-order valence-corrected chi connectivity index (χ0v) is 10.9. The van der Waals surface area contributed by atoms with Gasteiger partial charge in [0.1, 0.15) is 6.33 Å². The summed E-state index contributed by atoms with van der Waals surface area (Å²) in [6, 6.07) is 10.9. The number of urea groups is 1. The van der Waals surface area contributed by atoms with Gasteiger partial charge < -0.3 is 10.6 Å². The summed E-state index contributed by atoms with van der Waals surface area (Å²) in [5, 5.41) is 13.2. The number of aromatic nitrogens is 3. The molecule has 0 fully saturated rings. The van der Waals surface area contributed by atoms with E-state index in [0.29, 0.717) is 5.69 Å². The van der Waals surface area contributed by atoms with Crippen molar-refractivity contribution in [1.82, 2.24) is 14.6 Å². The van der Waals surface area contributed by atoms with Crippen molar-refractivity contribution in [2.24, 2.45) is 0 Å². The highest BCUT2D eigenvalue weighted by Gasteiger charge is 2.04. The van der Waals surface area contributed by atoms with Gasteiger partial charge in [-0.25, -0.2) is 4.79 Å². The number of carbonyl (C=O) groups is 1. The minimum Gasteiger partial charge on any atom is -0.308 e. The predicted molar refractivity (Wildman–Crippen MR) is 76.8 cm³/mol. The van der Waals surface area contributed by atoms with Crippen LogP contribution >= 0.6 is 0 Å². The number of pyridine rings is 1. The number of aryl methyl sites for hydroxylation is 1. The molecule has 0 aliphatic rings.